The molecule has 0 aliphatic heterocycles. The zero-order chi connectivity index (χ0) is 22.2. The molecule has 0 aliphatic carbocycles. The second-order valence-electron chi connectivity index (χ2n) is 7.50. The van der Waals surface area contributed by atoms with Crippen LogP contribution in [-0.4, -0.2) is 16.8 Å². The van der Waals surface area contributed by atoms with Crippen LogP contribution >= 0.6 is 0 Å². The number of pyridine rings is 1. The van der Waals surface area contributed by atoms with Gasteiger partial charge < -0.3 is 16.4 Å². The number of hydrogen-bond donors (Lipinski definition) is 3. The van der Waals surface area contributed by atoms with Crippen LogP contribution in [0, 0.1) is 5.92 Å². The van der Waals surface area contributed by atoms with Gasteiger partial charge in [-0.05, 0) is 41.8 Å². The summed E-state index contributed by atoms with van der Waals surface area (Å²) in [5.74, 6) is -0.490. The lowest BCUT2D eigenvalue weighted by Crippen LogP contribution is -2.25. The Morgan fingerprint density at radius 1 is 0.935 bits per heavy atom. The van der Waals surface area contributed by atoms with E-state index < -0.39 is 0 Å². The molecule has 31 heavy (non-hydrogen) atoms. The molecule has 0 fully saturated rings. The second-order valence-corrected chi connectivity index (χ2v) is 7.50. The van der Waals surface area contributed by atoms with E-state index in [2.05, 4.69) is 15.6 Å². The van der Waals surface area contributed by atoms with Crippen molar-refractivity contribution in [3.05, 3.63) is 90.3 Å². The van der Waals surface area contributed by atoms with E-state index in [-0.39, 0.29) is 23.7 Å². The lowest BCUT2D eigenvalue weighted by atomic mass is 9.87. The molecule has 1 heterocycles. The summed E-state index contributed by atoms with van der Waals surface area (Å²) >= 11 is 0. The van der Waals surface area contributed by atoms with Crippen molar-refractivity contribution in [2.75, 3.05) is 16.4 Å². The van der Waals surface area contributed by atoms with E-state index in [0.717, 1.165) is 5.56 Å². The third kappa shape index (κ3) is 6.02. The molecule has 6 heteroatoms. The third-order valence-electron chi connectivity index (χ3n) is 4.79. The van der Waals surface area contributed by atoms with Crippen molar-refractivity contribution >= 4 is 35.0 Å². The van der Waals surface area contributed by atoms with Crippen LogP contribution < -0.4 is 16.4 Å². The fraction of sp³-hybridized carbons (Fsp3) is 0.160. The average Bonchev–Trinajstić information content (AvgIpc) is 2.75. The molecule has 0 radical (unpaired) electrons. The first-order valence-electron chi connectivity index (χ1n) is 10.1. The van der Waals surface area contributed by atoms with Gasteiger partial charge in [-0.3, -0.25) is 14.6 Å². The Morgan fingerprint density at radius 3 is 2.29 bits per heavy atom. The molecule has 3 rings (SSSR count). The Kier molecular flexibility index (Phi) is 7.17. The fourth-order valence-electron chi connectivity index (χ4n) is 3.24. The smallest absolute Gasteiger partial charge is 0.248 e. The number of hydrogen-bond acceptors (Lipinski definition) is 4. The summed E-state index contributed by atoms with van der Waals surface area (Å²) in [4.78, 5) is 29.2. The first-order chi connectivity index (χ1) is 14.9. The number of anilines is 3. The van der Waals surface area contributed by atoms with Gasteiger partial charge in [0.15, 0.2) is 0 Å². The molecule has 1 unspecified atom stereocenters. The summed E-state index contributed by atoms with van der Waals surface area (Å²) in [5.41, 5.74) is 9.05. The lowest BCUT2D eigenvalue weighted by molar-refractivity contribution is -0.118. The van der Waals surface area contributed by atoms with E-state index in [4.69, 9.17) is 5.73 Å². The minimum atomic E-state index is -0.306. The van der Waals surface area contributed by atoms with Crippen LogP contribution in [0.2, 0.25) is 0 Å². The van der Waals surface area contributed by atoms with Gasteiger partial charge in [-0.1, -0.05) is 56.3 Å². The highest BCUT2D eigenvalue weighted by Crippen LogP contribution is 2.26. The maximum Gasteiger partial charge on any atom is 0.248 e. The quantitative estimate of drug-likeness (QED) is 0.386. The van der Waals surface area contributed by atoms with E-state index in [1.54, 1.807) is 48.7 Å². The SMILES string of the molecule is CC(C)C(C(=O)Nc1ccc(/C=C/C(=O)Nc2ccccc2N)nc1)c1ccccc1. The van der Waals surface area contributed by atoms with Crippen LogP contribution in [0.4, 0.5) is 17.1 Å². The molecule has 4 N–H and O–H groups in total. The average molecular weight is 415 g/mol. The number of nitrogens with two attached hydrogens (primary N) is 1. The van der Waals surface area contributed by atoms with Crippen molar-refractivity contribution in [1.29, 1.82) is 0 Å². The number of benzene rings is 2. The Morgan fingerprint density at radius 2 is 1.65 bits per heavy atom. The van der Waals surface area contributed by atoms with Crippen LogP contribution in [0.3, 0.4) is 0 Å². The highest BCUT2D eigenvalue weighted by atomic mass is 16.2. The molecular formula is C25H26N4O2. The predicted molar refractivity (Wildman–Crippen MR) is 125 cm³/mol. The van der Waals surface area contributed by atoms with Gasteiger partial charge in [0.05, 0.1) is 34.9 Å². The van der Waals surface area contributed by atoms with Crippen LogP contribution in [0.1, 0.15) is 31.0 Å². The van der Waals surface area contributed by atoms with E-state index >= 15 is 0 Å². The summed E-state index contributed by atoms with van der Waals surface area (Å²) in [6, 6.07) is 20.3. The molecule has 0 saturated carbocycles. The maximum absolute atomic E-state index is 12.8. The number of carbonyl (C=O) groups excluding carboxylic acids is 2. The molecule has 0 saturated heterocycles. The number of amides is 2. The summed E-state index contributed by atoms with van der Waals surface area (Å²) in [7, 11) is 0. The topological polar surface area (TPSA) is 97.1 Å². The largest absolute Gasteiger partial charge is 0.397 e. The molecule has 2 aromatic carbocycles. The zero-order valence-corrected chi connectivity index (χ0v) is 17.6. The molecule has 3 aromatic rings. The van der Waals surface area contributed by atoms with Crippen molar-refractivity contribution < 1.29 is 9.59 Å². The number of rotatable bonds is 7. The second kappa shape index (κ2) is 10.2. The maximum atomic E-state index is 12.8. The molecular weight excluding hydrogens is 388 g/mol. The number of nitrogen functional groups attached to an aromatic ring is 1. The zero-order valence-electron chi connectivity index (χ0n) is 17.6. The molecule has 0 aliphatic rings. The first-order valence-corrected chi connectivity index (χ1v) is 10.1. The normalized spacial score (nSPS) is 12.0. The van der Waals surface area contributed by atoms with Gasteiger partial charge in [-0.15, -0.1) is 0 Å². The third-order valence-corrected chi connectivity index (χ3v) is 4.79. The minimum Gasteiger partial charge on any atom is -0.397 e. The minimum absolute atomic E-state index is 0.0777. The molecule has 0 bridgehead atoms. The Bertz CT molecular complexity index is 1060. The van der Waals surface area contributed by atoms with Crippen LogP contribution in [0.15, 0.2) is 79.0 Å². The number of nitrogens with zero attached hydrogens (tertiary/aromatic N) is 1. The van der Waals surface area contributed by atoms with Crippen molar-refractivity contribution in [3.63, 3.8) is 0 Å². The lowest BCUT2D eigenvalue weighted by Gasteiger charge is -2.20. The molecule has 0 spiro atoms. The molecule has 2 amide bonds. The predicted octanol–water partition coefficient (Wildman–Crippen LogP) is 4.69. The van der Waals surface area contributed by atoms with E-state index in [1.807, 2.05) is 44.2 Å². The van der Waals surface area contributed by atoms with Gasteiger partial charge in [0.2, 0.25) is 11.8 Å². The van der Waals surface area contributed by atoms with Crippen molar-refractivity contribution in [2.24, 2.45) is 5.92 Å². The summed E-state index contributed by atoms with van der Waals surface area (Å²) < 4.78 is 0. The number of aromatic nitrogens is 1. The Labute approximate surface area is 182 Å². The number of para-hydroxylation sites is 2. The van der Waals surface area contributed by atoms with Gasteiger partial charge in [0.25, 0.3) is 0 Å². The van der Waals surface area contributed by atoms with Crippen molar-refractivity contribution in [2.45, 2.75) is 19.8 Å². The summed E-state index contributed by atoms with van der Waals surface area (Å²) in [6.07, 6.45) is 4.56. The fourth-order valence-corrected chi connectivity index (χ4v) is 3.24. The van der Waals surface area contributed by atoms with Gasteiger partial charge in [-0.2, -0.15) is 0 Å². The Hall–Kier alpha value is -3.93. The first kappa shape index (κ1) is 21.8. The van der Waals surface area contributed by atoms with E-state index in [1.165, 1.54) is 6.08 Å². The van der Waals surface area contributed by atoms with E-state index in [9.17, 15) is 9.59 Å². The summed E-state index contributed by atoms with van der Waals surface area (Å²) in [5, 5.41) is 5.66. The van der Waals surface area contributed by atoms with Gasteiger partial charge in [0.1, 0.15) is 0 Å². The molecule has 158 valence electrons. The van der Waals surface area contributed by atoms with Gasteiger partial charge in [-0.25, -0.2) is 0 Å². The monoisotopic (exact) mass is 414 g/mol. The highest BCUT2D eigenvalue weighted by molar-refractivity contribution is 6.03. The van der Waals surface area contributed by atoms with Gasteiger partial charge >= 0.3 is 0 Å². The van der Waals surface area contributed by atoms with Gasteiger partial charge in [0, 0.05) is 6.08 Å². The number of nitrogens with one attached hydrogen (secondary N) is 2. The number of carbonyl (C=O) groups is 2. The molecule has 6 nitrogen and oxygen atoms in total. The van der Waals surface area contributed by atoms with Crippen molar-refractivity contribution in [1.82, 2.24) is 4.98 Å². The van der Waals surface area contributed by atoms with Crippen LogP contribution in [0.25, 0.3) is 6.08 Å². The van der Waals surface area contributed by atoms with Crippen LogP contribution in [-0.2, 0) is 9.59 Å². The van der Waals surface area contributed by atoms with Crippen molar-refractivity contribution in [3.8, 4) is 0 Å². The molecule has 1 atom stereocenters. The standard InChI is InChI=1S/C25H26N4O2/c1-17(2)24(18-8-4-3-5-9-18)25(31)28-20-13-12-19(27-16-20)14-15-23(30)29-22-11-7-6-10-21(22)26/h3-17,24H,26H2,1-2H3,(H,28,31)(H,29,30)/b15-14+. The van der Waals surface area contributed by atoms with Crippen LogP contribution in [0.5, 0.6) is 0 Å². The van der Waals surface area contributed by atoms with E-state index in [0.29, 0.717) is 22.8 Å². The molecule has 1 aromatic heterocycles. The highest BCUT2D eigenvalue weighted by Gasteiger charge is 2.24. The summed E-state index contributed by atoms with van der Waals surface area (Å²) in [6.45, 7) is 4.05. The Balaban J connectivity index is 1.62.